The molecule has 2 rings (SSSR count). The summed E-state index contributed by atoms with van der Waals surface area (Å²) in [5.41, 5.74) is 1.01. The molecule has 17 heavy (non-hydrogen) atoms. The third-order valence-electron chi connectivity index (χ3n) is 2.48. The van der Waals surface area contributed by atoms with Crippen LogP contribution in [0.3, 0.4) is 0 Å². The average Bonchev–Trinajstić information content (AvgIpc) is 2.72. The Morgan fingerprint density at radius 3 is 2.82 bits per heavy atom. The Bertz CT molecular complexity index is 510. The van der Waals surface area contributed by atoms with Gasteiger partial charge in [0.2, 0.25) is 0 Å². The first-order valence-electron chi connectivity index (χ1n) is 5.50. The van der Waals surface area contributed by atoms with Crippen LogP contribution in [-0.2, 0) is 11.9 Å². The Balaban J connectivity index is 2.47. The van der Waals surface area contributed by atoms with Crippen molar-refractivity contribution in [1.29, 1.82) is 0 Å². The van der Waals surface area contributed by atoms with Crippen molar-refractivity contribution in [1.82, 2.24) is 14.8 Å². The Hall–Kier alpha value is -0.870. The Labute approximate surface area is 114 Å². The van der Waals surface area contributed by atoms with Gasteiger partial charge in [-0.05, 0) is 18.6 Å². The molecule has 0 saturated carbocycles. The summed E-state index contributed by atoms with van der Waals surface area (Å²) < 4.78 is 2.13. The fourth-order valence-electron chi connectivity index (χ4n) is 1.73. The maximum atomic E-state index is 6.00. The van der Waals surface area contributed by atoms with Crippen LogP contribution in [0.5, 0.6) is 0 Å². The molecule has 5 heteroatoms. The molecule has 0 N–H and O–H groups in total. The van der Waals surface area contributed by atoms with Crippen molar-refractivity contribution in [3.8, 4) is 11.4 Å². The fraction of sp³-hybridized carbons (Fsp3) is 0.333. The summed E-state index contributed by atoms with van der Waals surface area (Å²) in [6.45, 7) is 3.05. The summed E-state index contributed by atoms with van der Waals surface area (Å²) in [5, 5.41) is 9.85. The van der Waals surface area contributed by atoms with E-state index in [2.05, 4.69) is 37.6 Å². The van der Waals surface area contributed by atoms with Crippen molar-refractivity contribution < 1.29 is 0 Å². The molecule has 0 aliphatic rings. The average molecular weight is 315 g/mol. The number of aromatic nitrogens is 3. The third-order valence-corrected chi connectivity index (χ3v) is 3.21. The summed E-state index contributed by atoms with van der Waals surface area (Å²) >= 11 is 9.43. The number of halogens is 2. The van der Waals surface area contributed by atoms with Crippen LogP contribution in [0.15, 0.2) is 24.3 Å². The van der Waals surface area contributed by atoms with E-state index in [1.807, 2.05) is 24.3 Å². The van der Waals surface area contributed by atoms with Gasteiger partial charge in [-0.15, -0.1) is 10.2 Å². The zero-order valence-electron chi connectivity index (χ0n) is 9.53. The Morgan fingerprint density at radius 2 is 2.18 bits per heavy atom. The molecule has 0 radical (unpaired) electrons. The maximum Gasteiger partial charge on any atom is 0.164 e. The van der Waals surface area contributed by atoms with Crippen LogP contribution in [0.1, 0.15) is 19.2 Å². The van der Waals surface area contributed by atoms with Gasteiger partial charge in [-0.3, -0.25) is 0 Å². The summed E-state index contributed by atoms with van der Waals surface area (Å²) in [5.74, 6) is 1.82. The summed E-state index contributed by atoms with van der Waals surface area (Å²) in [4.78, 5) is 0. The van der Waals surface area contributed by atoms with Crippen molar-refractivity contribution in [3.05, 3.63) is 35.1 Å². The van der Waals surface area contributed by atoms with E-state index in [9.17, 15) is 0 Å². The first-order valence-corrected chi connectivity index (χ1v) is 7.00. The van der Waals surface area contributed by atoms with Crippen LogP contribution in [-0.4, -0.2) is 14.8 Å². The van der Waals surface area contributed by atoms with E-state index in [-0.39, 0.29) is 0 Å². The van der Waals surface area contributed by atoms with Crippen molar-refractivity contribution in [2.24, 2.45) is 0 Å². The molecule has 90 valence electrons. The van der Waals surface area contributed by atoms with Crippen LogP contribution in [0, 0.1) is 0 Å². The fourth-order valence-corrected chi connectivity index (χ4v) is 2.34. The lowest BCUT2D eigenvalue weighted by atomic mass is 10.2. The molecule has 1 aromatic carbocycles. The van der Waals surface area contributed by atoms with Gasteiger partial charge in [-0.2, -0.15) is 0 Å². The van der Waals surface area contributed by atoms with E-state index >= 15 is 0 Å². The van der Waals surface area contributed by atoms with E-state index in [4.69, 9.17) is 11.6 Å². The van der Waals surface area contributed by atoms with E-state index in [1.165, 1.54) is 0 Å². The van der Waals surface area contributed by atoms with E-state index in [0.717, 1.165) is 30.2 Å². The molecule has 0 bridgehead atoms. The molecular weight excluding hydrogens is 302 g/mol. The molecule has 0 saturated heterocycles. The lowest BCUT2D eigenvalue weighted by Crippen LogP contribution is -2.03. The predicted octanol–water partition coefficient (Wildman–Crippen LogP) is 3.90. The van der Waals surface area contributed by atoms with E-state index < -0.39 is 0 Å². The smallest absolute Gasteiger partial charge is 0.164 e. The first kappa shape index (κ1) is 12.6. The Kier molecular flexibility index (Phi) is 4.18. The molecule has 0 amide bonds. The highest BCUT2D eigenvalue weighted by Crippen LogP contribution is 2.22. The van der Waals surface area contributed by atoms with Gasteiger partial charge in [-0.1, -0.05) is 46.6 Å². The van der Waals surface area contributed by atoms with Gasteiger partial charge in [0, 0.05) is 17.1 Å². The maximum absolute atomic E-state index is 6.00. The van der Waals surface area contributed by atoms with Gasteiger partial charge in [-0.25, -0.2) is 0 Å². The monoisotopic (exact) mass is 313 g/mol. The number of hydrogen-bond acceptors (Lipinski definition) is 2. The molecule has 0 fully saturated rings. The van der Waals surface area contributed by atoms with Crippen molar-refractivity contribution in [3.63, 3.8) is 0 Å². The van der Waals surface area contributed by atoms with Crippen LogP contribution in [0.25, 0.3) is 11.4 Å². The molecule has 0 spiro atoms. The molecule has 0 atom stereocenters. The number of alkyl halides is 1. The van der Waals surface area contributed by atoms with E-state index in [1.54, 1.807) is 0 Å². The highest BCUT2D eigenvalue weighted by atomic mass is 79.9. The third kappa shape index (κ3) is 2.69. The zero-order chi connectivity index (χ0) is 12.3. The minimum atomic E-state index is 0.709. The van der Waals surface area contributed by atoms with Gasteiger partial charge in [0.15, 0.2) is 5.82 Å². The van der Waals surface area contributed by atoms with Gasteiger partial charge >= 0.3 is 0 Å². The molecule has 1 heterocycles. The highest BCUT2D eigenvalue weighted by Gasteiger charge is 2.12. The minimum Gasteiger partial charge on any atom is -0.310 e. The number of benzene rings is 1. The van der Waals surface area contributed by atoms with Crippen molar-refractivity contribution >= 4 is 27.5 Å². The first-order chi connectivity index (χ1) is 8.26. The van der Waals surface area contributed by atoms with Crippen LogP contribution >= 0.6 is 27.5 Å². The Morgan fingerprint density at radius 1 is 1.35 bits per heavy atom. The normalized spacial score (nSPS) is 10.8. The predicted molar refractivity (Wildman–Crippen MR) is 73.4 cm³/mol. The topological polar surface area (TPSA) is 30.7 Å². The van der Waals surface area contributed by atoms with Crippen LogP contribution in [0.2, 0.25) is 5.02 Å². The molecular formula is C12H13BrClN3. The quantitative estimate of drug-likeness (QED) is 0.801. The molecule has 2 aromatic rings. The summed E-state index contributed by atoms with van der Waals surface area (Å²) in [6, 6.07) is 7.70. The van der Waals surface area contributed by atoms with Crippen molar-refractivity contribution in [2.45, 2.75) is 25.2 Å². The van der Waals surface area contributed by atoms with E-state index in [0.29, 0.717) is 10.4 Å². The standard InChI is InChI=1S/C12H13BrClN3/c1-2-6-17-11(8-13)15-16-12(17)9-4-3-5-10(14)7-9/h3-5,7H,2,6,8H2,1H3. The number of rotatable bonds is 4. The minimum absolute atomic E-state index is 0.709. The van der Waals surface area contributed by atoms with Gasteiger partial charge < -0.3 is 4.57 Å². The SMILES string of the molecule is CCCn1c(CBr)nnc1-c1cccc(Cl)c1. The zero-order valence-corrected chi connectivity index (χ0v) is 11.9. The molecule has 0 unspecified atom stereocenters. The lowest BCUT2D eigenvalue weighted by molar-refractivity contribution is 0.661. The molecule has 3 nitrogen and oxygen atoms in total. The largest absolute Gasteiger partial charge is 0.310 e. The second kappa shape index (κ2) is 5.65. The molecule has 1 aromatic heterocycles. The number of nitrogens with zero attached hydrogens (tertiary/aromatic N) is 3. The van der Waals surface area contributed by atoms with Crippen molar-refractivity contribution in [2.75, 3.05) is 0 Å². The highest BCUT2D eigenvalue weighted by molar-refractivity contribution is 9.08. The summed E-state index contributed by atoms with van der Waals surface area (Å²) in [6.07, 6.45) is 1.05. The van der Waals surface area contributed by atoms with Gasteiger partial charge in [0.25, 0.3) is 0 Å². The summed E-state index contributed by atoms with van der Waals surface area (Å²) in [7, 11) is 0. The van der Waals surface area contributed by atoms with Crippen LogP contribution in [0.4, 0.5) is 0 Å². The second-order valence-electron chi connectivity index (χ2n) is 3.74. The van der Waals surface area contributed by atoms with Gasteiger partial charge in [0.1, 0.15) is 5.82 Å². The number of hydrogen-bond donors (Lipinski definition) is 0. The molecule has 0 aliphatic carbocycles. The molecule has 0 aliphatic heterocycles. The second-order valence-corrected chi connectivity index (χ2v) is 4.73. The van der Waals surface area contributed by atoms with Crippen LogP contribution < -0.4 is 0 Å². The van der Waals surface area contributed by atoms with Gasteiger partial charge in [0.05, 0.1) is 5.33 Å². The lowest BCUT2D eigenvalue weighted by Gasteiger charge is -2.07.